The lowest BCUT2D eigenvalue weighted by Gasteiger charge is -2.17. The van der Waals surface area contributed by atoms with Crippen LogP contribution >= 0.6 is 0 Å². The minimum absolute atomic E-state index is 0.287. The van der Waals surface area contributed by atoms with Gasteiger partial charge in [-0.3, -0.25) is 19.1 Å². The van der Waals surface area contributed by atoms with Crippen molar-refractivity contribution in [3.05, 3.63) is 22.1 Å². The molecule has 0 bridgehead atoms. The van der Waals surface area contributed by atoms with Crippen molar-refractivity contribution in [1.29, 1.82) is 0 Å². The minimum atomic E-state index is -4.72. The van der Waals surface area contributed by atoms with Crippen LogP contribution in [-0.2, 0) is 16.5 Å². The van der Waals surface area contributed by atoms with E-state index in [1.165, 1.54) is 20.9 Å². The molecule has 0 radical (unpaired) electrons. The van der Waals surface area contributed by atoms with E-state index in [9.17, 15) is 22.8 Å². The molecule has 0 saturated carbocycles. The van der Waals surface area contributed by atoms with E-state index in [-0.39, 0.29) is 5.95 Å². The zero-order chi connectivity index (χ0) is 13.9. The highest BCUT2D eigenvalue weighted by atomic mass is 19.4. The third-order valence-electron chi connectivity index (χ3n) is 2.88. The minimum Gasteiger partial charge on any atom is -0.283 e. The molecular formula is C10H10F3N3O2. The van der Waals surface area contributed by atoms with Crippen LogP contribution in [0.2, 0.25) is 0 Å². The van der Waals surface area contributed by atoms with Crippen LogP contribution in [0.1, 0.15) is 19.5 Å². The Kier molecular flexibility index (Phi) is 2.33. The van der Waals surface area contributed by atoms with Crippen LogP contribution in [0.15, 0.2) is 10.9 Å². The molecule has 1 aliphatic rings. The average molecular weight is 261 g/mol. The number of hydrogen-bond donors (Lipinski definition) is 0. The molecule has 18 heavy (non-hydrogen) atoms. The summed E-state index contributed by atoms with van der Waals surface area (Å²) < 4.78 is 38.6. The Balaban J connectivity index is 2.77. The largest absolute Gasteiger partial charge is 0.433 e. The molecule has 0 N–H and O–H groups in total. The molecule has 0 fully saturated rings. The highest BCUT2D eigenvalue weighted by Gasteiger charge is 2.45. The Bertz CT molecular complexity index is 589. The van der Waals surface area contributed by atoms with E-state index < -0.39 is 28.9 Å². The summed E-state index contributed by atoms with van der Waals surface area (Å²) in [4.78, 5) is 27.9. The third kappa shape index (κ3) is 1.52. The lowest BCUT2D eigenvalue weighted by Crippen LogP contribution is -2.39. The topological polar surface area (TPSA) is 55.2 Å². The molecule has 1 aliphatic heterocycles. The van der Waals surface area contributed by atoms with Crippen molar-refractivity contribution in [3.8, 4) is 0 Å². The number of halogens is 3. The van der Waals surface area contributed by atoms with Crippen LogP contribution in [0.25, 0.3) is 0 Å². The van der Waals surface area contributed by atoms with Gasteiger partial charge in [-0.05, 0) is 13.8 Å². The van der Waals surface area contributed by atoms with Gasteiger partial charge < -0.3 is 0 Å². The Morgan fingerprint density at radius 2 is 1.83 bits per heavy atom. The Labute approximate surface area is 99.8 Å². The second-order valence-electron chi connectivity index (χ2n) is 4.54. The highest BCUT2D eigenvalue weighted by Crippen LogP contribution is 2.33. The van der Waals surface area contributed by atoms with Gasteiger partial charge in [-0.1, -0.05) is 0 Å². The summed E-state index contributed by atoms with van der Waals surface area (Å²) in [5.41, 5.74) is -3.41. The van der Waals surface area contributed by atoms with Crippen molar-refractivity contribution >= 4 is 11.9 Å². The molecule has 2 rings (SSSR count). The standard InChI is InChI=1S/C10H10F3N3O2/c1-9(2)7(18)15(3)8-14-5(10(11,12)13)4-6(17)16(8)9/h4H,1-3H3. The Morgan fingerprint density at radius 3 is 2.33 bits per heavy atom. The lowest BCUT2D eigenvalue weighted by atomic mass is 10.1. The number of carbonyl (C=O) groups excluding carboxylic acids is 1. The second-order valence-corrected chi connectivity index (χ2v) is 4.54. The average Bonchev–Trinajstić information content (AvgIpc) is 2.39. The summed E-state index contributed by atoms with van der Waals surface area (Å²) in [5, 5.41) is 0. The summed E-state index contributed by atoms with van der Waals surface area (Å²) in [6, 6.07) is 0.400. The fourth-order valence-corrected chi connectivity index (χ4v) is 1.96. The third-order valence-corrected chi connectivity index (χ3v) is 2.88. The number of alkyl halides is 3. The van der Waals surface area contributed by atoms with Crippen LogP contribution in [0.5, 0.6) is 0 Å². The van der Waals surface area contributed by atoms with Gasteiger partial charge >= 0.3 is 6.18 Å². The van der Waals surface area contributed by atoms with Crippen LogP contribution in [-0.4, -0.2) is 22.5 Å². The van der Waals surface area contributed by atoms with Crippen LogP contribution in [0.3, 0.4) is 0 Å². The van der Waals surface area contributed by atoms with Crippen LogP contribution in [0.4, 0.5) is 19.1 Å². The second kappa shape index (κ2) is 3.33. The number of rotatable bonds is 0. The number of likely N-dealkylation sites (N-methyl/N-ethyl adjacent to an activating group) is 1. The molecule has 0 atom stereocenters. The Morgan fingerprint density at radius 1 is 1.28 bits per heavy atom. The summed E-state index contributed by atoms with van der Waals surface area (Å²) in [6.45, 7) is 2.91. The quantitative estimate of drug-likeness (QED) is 0.699. The van der Waals surface area contributed by atoms with E-state index >= 15 is 0 Å². The molecule has 5 nitrogen and oxygen atoms in total. The van der Waals surface area contributed by atoms with Crippen molar-refractivity contribution in [2.24, 2.45) is 0 Å². The molecule has 2 heterocycles. The fourth-order valence-electron chi connectivity index (χ4n) is 1.96. The SMILES string of the molecule is CN1C(=O)C(C)(C)n2c1nc(C(F)(F)F)cc2=O. The highest BCUT2D eigenvalue weighted by molar-refractivity contribution is 6.00. The first-order valence-electron chi connectivity index (χ1n) is 5.07. The van der Waals surface area contributed by atoms with E-state index in [0.29, 0.717) is 6.07 Å². The van der Waals surface area contributed by atoms with Gasteiger partial charge in [-0.25, -0.2) is 4.98 Å². The summed E-state index contributed by atoms with van der Waals surface area (Å²) in [7, 11) is 1.29. The maximum Gasteiger partial charge on any atom is 0.433 e. The number of aromatic nitrogens is 2. The molecular weight excluding hydrogens is 251 g/mol. The molecule has 0 unspecified atom stereocenters. The number of carbonyl (C=O) groups is 1. The normalized spacial score (nSPS) is 18.1. The smallest absolute Gasteiger partial charge is 0.283 e. The fraction of sp³-hybridized carbons (Fsp3) is 0.500. The van der Waals surface area contributed by atoms with E-state index in [1.807, 2.05) is 0 Å². The monoisotopic (exact) mass is 261 g/mol. The van der Waals surface area contributed by atoms with Crippen molar-refractivity contribution < 1.29 is 18.0 Å². The first-order valence-corrected chi connectivity index (χ1v) is 5.07. The molecule has 1 aromatic rings. The van der Waals surface area contributed by atoms with Gasteiger partial charge in [0.2, 0.25) is 5.95 Å². The van der Waals surface area contributed by atoms with Crippen molar-refractivity contribution in [3.63, 3.8) is 0 Å². The van der Waals surface area contributed by atoms with Gasteiger partial charge in [-0.15, -0.1) is 0 Å². The van der Waals surface area contributed by atoms with Crippen molar-refractivity contribution in [2.45, 2.75) is 25.6 Å². The van der Waals surface area contributed by atoms with Gasteiger partial charge in [-0.2, -0.15) is 13.2 Å². The summed E-state index contributed by atoms with van der Waals surface area (Å²) >= 11 is 0. The number of anilines is 1. The molecule has 8 heteroatoms. The maximum absolute atomic E-state index is 12.5. The van der Waals surface area contributed by atoms with Crippen LogP contribution < -0.4 is 10.5 Å². The van der Waals surface area contributed by atoms with Crippen LogP contribution in [0, 0.1) is 0 Å². The van der Waals surface area contributed by atoms with Gasteiger partial charge in [0, 0.05) is 13.1 Å². The summed E-state index contributed by atoms with van der Waals surface area (Å²) in [6.07, 6.45) is -4.72. The van der Waals surface area contributed by atoms with Crippen molar-refractivity contribution in [1.82, 2.24) is 9.55 Å². The number of hydrogen-bond acceptors (Lipinski definition) is 3. The molecule has 1 aromatic heterocycles. The Hall–Kier alpha value is -1.86. The molecule has 0 aromatic carbocycles. The van der Waals surface area contributed by atoms with Gasteiger partial charge in [0.15, 0.2) is 5.69 Å². The van der Waals surface area contributed by atoms with Gasteiger partial charge in [0.1, 0.15) is 5.54 Å². The molecule has 0 spiro atoms. The van der Waals surface area contributed by atoms with E-state index in [4.69, 9.17) is 0 Å². The van der Waals surface area contributed by atoms with Gasteiger partial charge in [0.05, 0.1) is 0 Å². The predicted octanol–water partition coefficient (Wildman–Crippen LogP) is 0.974. The van der Waals surface area contributed by atoms with Crippen molar-refractivity contribution in [2.75, 3.05) is 11.9 Å². The van der Waals surface area contributed by atoms with E-state index in [1.54, 1.807) is 0 Å². The molecule has 0 aliphatic carbocycles. The summed E-state index contributed by atoms with van der Waals surface area (Å²) in [5.74, 6) is -0.767. The number of fused-ring (bicyclic) bond motifs is 1. The molecule has 98 valence electrons. The first kappa shape index (κ1) is 12.6. The predicted molar refractivity (Wildman–Crippen MR) is 56.2 cm³/mol. The van der Waals surface area contributed by atoms with Gasteiger partial charge in [0.25, 0.3) is 11.5 Å². The first-order chi connectivity index (χ1) is 8.06. The van der Waals surface area contributed by atoms with E-state index in [0.717, 1.165) is 9.47 Å². The number of nitrogens with zero attached hydrogens (tertiary/aromatic N) is 3. The van der Waals surface area contributed by atoms with E-state index in [2.05, 4.69) is 4.98 Å². The zero-order valence-electron chi connectivity index (χ0n) is 9.87. The zero-order valence-corrected chi connectivity index (χ0v) is 9.87. The maximum atomic E-state index is 12.5. The molecule has 0 saturated heterocycles. The molecule has 1 amide bonds. The lowest BCUT2D eigenvalue weighted by molar-refractivity contribution is -0.141. The number of amides is 1.